The molecule has 1 fully saturated rings. The van der Waals surface area contributed by atoms with Crippen LogP contribution in [-0.4, -0.2) is 22.0 Å². The van der Waals surface area contributed by atoms with E-state index in [1.165, 1.54) is 5.56 Å². The lowest BCUT2D eigenvalue weighted by molar-refractivity contribution is -0.121. The molecule has 1 aromatic heterocycles. The monoisotopic (exact) mass is 325 g/mol. The minimum absolute atomic E-state index is 0.0769. The highest BCUT2D eigenvalue weighted by Crippen LogP contribution is 2.63. The van der Waals surface area contributed by atoms with Gasteiger partial charge in [-0.05, 0) is 17.4 Å². The molecule has 1 saturated carbocycles. The normalized spacial score (nSPS) is 21.5. The molecule has 1 N–H and O–H groups in total. The molecule has 0 radical (unpaired) electrons. The highest BCUT2D eigenvalue weighted by Gasteiger charge is 2.61. The van der Waals surface area contributed by atoms with Gasteiger partial charge in [0.05, 0.1) is 0 Å². The molecule has 1 amide bonds. The van der Waals surface area contributed by atoms with Crippen molar-refractivity contribution in [3.05, 3.63) is 54.1 Å². The second kappa shape index (κ2) is 6.42. The fraction of sp³-hybridized carbons (Fsp3) is 0.500. The summed E-state index contributed by atoms with van der Waals surface area (Å²) < 4.78 is 2.06. The van der Waals surface area contributed by atoms with Crippen molar-refractivity contribution in [2.45, 2.75) is 52.0 Å². The Hall–Kier alpha value is -2.10. The number of hydrogen-bond donors (Lipinski definition) is 1. The summed E-state index contributed by atoms with van der Waals surface area (Å²) in [6.07, 6.45) is 6.25. The van der Waals surface area contributed by atoms with Crippen LogP contribution in [-0.2, 0) is 23.2 Å². The summed E-state index contributed by atoms with van der Waals surface area (Å²) in [5, 5.41) is 3.17. The van der Waals surface area contributed by atoms with Crippen LogP contribution in [0.2, 0.25) is 0 Å². The average Bonchev–Trinajstić information content (AvgIpc) is 2.94. The summed E-state index contributed by atoms with van der Waals surface area (Å²) in [7, 11) is 0. The van der Waals surface area contributed by atoms with Crippen molar-refractivity contribution in [1.82, 2.24) is 14.9 Å². The molecule has 4 heteroatoms. The predicted molar refractivity (Wildman–Crippen MR) is 95.7 cm³/mol. The van der Waals surface area contributed by atoms with Crippen LogP contribution in [0.25, 0.3) is 0 Å². The number of nitrogens with one attached hydrogen (secondary N) is 1. The topological polar surface area (TPSA) is 46.9 Å². The fourth-order valence-corrected chi connectivity index (χ4v) is 3.78. The fourth-order valence-electron chi connectivity index (χ4n) is 3.78. The lowest BCUT2D eigenvalue weighted by Crippen LogP contribution is -2.35. The molecule has 128 valence electrons. The molecule has 1 heterocycles. The van der Waals surface area contributed by atoms with E-state index in [2.05, 4.69) is 59.9 Å². The molecular formula is C20H27N3O. The molecule has 4 nitrogen and oxygen atoms in total. The molecule has 3 rings (SSSR count). The van der Waals surface area contributed by atoms with Gasteiger partial charge in [-0.3, -0.25) is 4.79 Å². The Morgan fingerprint density at radius 2 is 2.00 bits per heavy atom. The number of hydrogen-bond acceptors (Lipinski definition) is 2. The first-order valence-electron chi connectivity index (χ1n) is 8.81. The molecule has 1 aliphatic carbocycles. The Kier molecular flexibility index (Phi) is 4.48. The Morgan fingerprint density at radius 3 is 2.62 bits per heavy atom. The number of benzene rings is 1. The van der Waals surface area contributed by atoms with E-state index >= 15 is 0 Å². The van der Waals surface area contributed by atoms with Crippen molar-refractivity contribution in [1.29, 1.82) is 0 Å². The van der Waals surface area contributed by atoms with Crippen LogP contribution in [0.15, 0.2) is 42.7 Å². The number of carbonyl (C=O) groups excluding carboxylic acids is 1. The number of rotatable bonds is 7. The zero-order valence-electron chi connectivity index (χ0n) is 14.9. The average molecular weight is 325 g/mol. The van der Waals surface area contributed by atoms with Gasteiger partial charge in [-0.25, -0.2) is 4.98 Å². The van der Waals surface area contributed by atoms with E-state index in [0.717, 1.165) is 18.7 Å². The maximum atomic E-state index is 12.3. The van der Waals surface area contributed by atoms with Gasteiger partial charge >= 0.3 is 0 Å². The van der Waals surface area contributed by atoms with Crippen LogP contribution >= 0.6 is 0 Å². The van der Waals surface area contributed by atoms with Crippen LogP contribution in [0, 0.1) is 5.41 Å². The quantitative estimate of drug-likeness (QED) is 0.849. The van der Waals surface area contributed by atoms with E-state index in [9.17, 15) is 4.79 Å². The minimum Gasteiger partial charge on any atom is -0.355 e. The highest BCUT2D eigenvalue weighted by molar-refractivity contribution is 5.76. The molecule has 0 saturated heterocycles. The third-order valence-electron chi connectivity index (χ3n) is 5.53. The molecule has 0 spiro atoms. The maximum absolute atomic E-state index is 12.3. The zero-order valence-corrected chi connectivity index (χ0v) is 14.9. The van der Waals surface area contributed by atoms with E-state index in [0.29, 0.717) is 19.5 Å². The molecular weight excluding hydrogens is 298 g/mol. The lowest BCUT2D eigenvalue weighted by Gasteiger charge is -2.22. The number of aromatic nitrogens is 2. The van der Waals surface area contributed by atoms with Gasteiger partial charge in [0.1, 0.15) is 5.82 Å². The van der Waals surface area contributed by atoms with Gasteiger partial charge in [0.15, 0.2) is 0 Å². The second-order valence-corrected chi connectivity index (χ2v) is 7.43. The molecule has 1 aliphatic rings. The van der Waals surface area contributed by atoms with Crippen molar-refractivity contribution < 1.29 is 4.79 Å². The van der Waals surface area contributed by atoms with Crippen molar-refractivity contribution in [3.63, 3.8) is 0 Å². The van der Waals surface area contributed by atoms with Crippen LogP contribution in [0.1, 0.15) is 45.0 Å². The number of amides is 1. The SMILES string of the molecule is CCc1nccn1CCC(=O)NC[C@]1(c2ccccc2)CC1(C)C. The minimum atomic E-state index is 0.0769. The standard InChI is InChI=1S/C20H27N3O/c1-4-17-21-11-13-23(17)12-10-18(24)22-15-20(14-19(20,2)3)16-8-6-5-7-9-16/h5-9,11,13H,4,10,12,14-15H2,1-3H3,(H,22,24)/t20-/m0/s1. The third-order valence-corrected chi connectivity index (χ3v) is 5.53. The van der Waals surface area contributed by atoms with Crippen LogP contribution in [0.5, 0.6) is 0 Å². The summed E-state index contributed by atoms with van der Waals surface area (Å²) in [5.74, 6) is 1.15. The van der Waals surface area contributed by atoms with Crippen molar-refractivity contribution >= 4 is 5.91 Å². The molecule has 0 unspecified atom stereocenters. The molecule has 0 bridgehead atoms. The van der Waals surface area contributed by atoms with Gasteiger partial charge < -0.3 is 9.88 Å². The van der Waals surface area contributed by atoms with Gasteiger partial charge in [0.2, 0.25) is 5.91 Å². The van der Waals surface area contributed by atoms with Gasteiger partial charge in [-0.1, -0.05) is 51.1 Å². The summed E-state index contributed by atoms with van der Waals surface area (Å²) >= 11 is 0. The first kappa shape index (κ1) is 16.7. The van der Waals surface area contributed by atoms with Gasteiger partial charge in [0.25, 0.3) is 0 Å². The lowest BCUT2D eigenvalue weighted by atomic mass is 9.88. The third kappa shape index (κ3) is 3.10. The number of carbonyl (C=O) groups is 1. The van der Waals surface area contributed by atoms with E-state index < -0.39 is 0 Å². The summed E-state index contributed by atoms with van der Waals surface area (Å²) in [6, 6.07) is 10.6. The number of aryl methyl sites for hydroxylation is 2. The molecule has 2 aromatic rings. The van der Waals surface area contributed by atoms with E-state index in [1.807, 2.05) is 12.3 Å². The number of nitrogens with zero attached hydrogens (tertiary/aromatic N) is 2. The van der Waals surface area contributed by atoms with Gasteiger partial charge in [-0.2, -0.15) is 0 Å². The van der Waals surface area contributed by atoms with Gasteiger partial charge in [0, 0.05) is 43.7 Å². The van der Waals surface area contributed by atoms with Crippen molar-refractivity contribution in [2.75, 3.05) is 6.54 Å². The first-order valence-corrected chi connectivity index (χ1v) is 8.81. The Labute approximate surface area is 144 Å². The summed E-state index contributed by atoms with van der Waals surface area (Å²) in [6.45, 7) is 8.05. The summed E-state index contributed by atoms with van der Waals surface area (Å²) in [5.41, 5.74) is 1.65. The van der Waals surface area contributed by atoms with E-state index in [-0.39, 0.29) is 16.7 Å². The molecule has 0 aliphatic heterocycles. The Morgan fingerprint density at radius 1 is 1.29 bits per heavy atom. The summed E-state index contributed by atoms with van der Waals surface area (Å²) in [4.78, 5) is 16.6. The van der Waals surface area contributed by atoms with Crippen LogP contribution in [0.3, 0.4) is 0 Å². The zero-order chi connectivity index (χ0) is 17.2. The number of imidazole rings is 1. The van der Waals surface area contributed by atoms with Crippen molar-refractivity contribution in [3.8, 4) is 0 Å². The predicted octanol–water partition coefficient (Wildman–Crippen LogP) is 3.32. The molecule has 1 atom stereocenters. The largest absolute Gasteiger partial charge is 0.355 e. The molecule has 24 heavy (non-hydrogen) atoms. The van der Waals surface area contributed by atoms with E-state index in [1.54, 1.807) is 6.20 Å². The Bertz CT molecular complexity index is 705. The Balaban J connectivity index is 1.57. The highest BCUT2D eigenvalue weighted by atomic mass is 16.1. The van der Waals surface area contributed by atoms with Crippen molar-refractivity contribution in [2.24, 2.45) is 5.41 Å². The maximum Gasteiger partial charge on any atom is 0.221 e. The molecule has 1 aromatic carbocycles. The first-order chi connectivity index (χ1) is 11.5. The van der Waals surface area contributed by atoms with Gasteiger partial charge in [-0.15, -0.1) is 0 Å². The van der Waals surface area contributed by atoms with Crippen LogP contribution < -0.4 is 5.32 Å². The van der Waals surface area contributed by atoms with Crippen LogP contribution in [0.4, 0.5) is 0 Å². The van der Waals surface area contributed by atoms with E-state index in [4.69, 9.17) is 0 Å². The second-order valence-electron chi connectivity index (χ2n) is 7.43. The smallest absolute Gasteiger partial charge is 0.221 e.